The minimum absolute atomic E-state index is 0.148. The van der Waals surface area contributed by atoms with Crippen LogP contribution in [-0.2, 0) is 0 Å². The van der Waals surface area contributed by atoms with Crippen LogP contribution in [0.3, 0.4) is 0 Å². The van der Waals surface area contributed by atoms with Crippen molar-refractivity contribution in [3.8, 4) is 5.75 Å². The van der Waals surface area contributed by atoms with E-state index in [0.717, 1.165) is 19.5 Å². The zero-order valence-electron chi connectivity index (χ0n) is 10.5. The number of likely N-dealkylation sites (N-methyl/N-ethyl adjacent to an activating group) is 1. The Hall–Kier alpha value is -1.59. The van der Waals surface area contributed by atoms with Gasteiger partial charge in [0.25, 0.3) is 0 Å². The van der Waals surface area contributed by atoms with E-state index in [1.807, 2.05) is 7.05 Å². The molecule has 1 unspecified atom stereocenters. The fourth-order valence-electron chi connectivity index (χ4n) is 1.57. The maximum atomic E-state index is 10.5. The summed E-state index contributed by atoms with van der Waals surface area (Å²) in [7, 11) is 2.02. The van der Waals surface area contributed by atoms with Gasteiger partial charge in [-0.3, -0.25) is 0 Å². The van der Waals surface area contributed by atoms with Crippen molar-refractivity contribution in [2.75, 3.05) is 33.4 Å². The van der Waals surface area contributed by atoms with Crippen molar-refractivity contribution in [2.24, 2.45) is 0 Å². The lowest BCUT2D eigenvalue weighted by Gasteiger charge is -2.12. The summed E-state index contributed by atoms with van der Waals surface area (Å²) in [6.45, 7) is 2.43. The van der Waals surface area contributed by atoms with Crippen molar-refractivity contribution in [1.29, 1.82) is 0 Å². The first-order valence-electron chi connectivity index (χ1n) is 6.00. The normalized spacial score (nSPS) is 12.1. The number of ether oxygens (including phenoxy) is 1. The molecular formula is C13H19NO4. The molecule has 2 N–H and O–H groups in total. The number of aliphatic hydroxyl groups is 1. The number of quaternary nitrogens is 1. The Morgan fingerprint density at radius 3 is 2.56 bits per heavy atom. The second-order valence-corrected chi connectivity index (χ2v) is 4.19. The van der Waals surface area contributed by atoms with Gasteiger partial charge in [0.1, 0.15) is 12.3 Å². The standard InChI is InChI=1S/C13H19NO4/c1-14(8-9-15)7-2-10-18-12-5-3-11(4-6-12)13(16)17/h3-6,15H,2,7-10H2,1H3,(H,16,17). The minimum atomic E-state index is -1.18. The van der Waals surface area contributed by atoms with E-state index < -0.39 is 5.97 Å². The maximum absolute atomic E-state index is 10.5. The Morgan fingerprint density at radius 2 is 2.00 bits per heavy atom. The highest BCUT2D eigenvalue weighted by molar-refractivity contribution is 5.85. The number of rotatable bonds is 8. The molecule has 5 heteroatoms. The first-order chi connectivity index (χ1) is 8.63. The summed E-state index contributed by atoms with van der Waals surface area (Å²) in [4.78, 5) is 11.8. The number of aliphatic hydroxyl groups excluding tert-OH is 1. The molecule has 0 saturated heterocycles. The third-order valence-corrected chi connectivity index (χ3v) is 2.65. The SMILES string of the molecule is C[NH+](CCO)CCCOc1ccc(C(=O)[O-])cc1. The Balaban J connectivity index is 2.25. The summed E-state index contributed by atoms with van der Waals surface area (Å²) in [6.07, 6.45) is 0.883. The summed E-state index contributed by atoms with van der Waals surface area (Å²) in [6, 6.07) is 6.17. The molecule has 0 saturated carbocycles. The quantitative estimate of drug-likeness (QED) is 0.543. The van der Waals surface area contributed by atoms with Gasteiger partial charge in [0.05, 0.1) is 32.8 Å². The molecule has 0 fully saturated rings. The van der Waals surface area contributed by atoms with Crippen LogP contribution in [0.25, 0.3) is 0 Å². The average Bonchev–Trinajstić information content (AvgIpc) is 2.35. The number of aromatic carboxylic acids is 1. The van der Waals surface area contributed by atoms with E-state index in [9.17, 15) is 9.90 Å². The van der Waals surface area contributed by atoms with Gasteiger partial charge in [-0.15, -0.1) is 0 Å². The van der Waals surface area contributed by atoms with Crippen LogP contribution in [0.4, 0.5) is 0 Å². The van der Waals surface area contributed by atoms with Gasteiger partial charge in [0, 0.05) is 6.42 Å². The molecule has 1 aromatic carbocycles. The number of hydrogen-bond donors (Lipinski definition) is 2. The highest BCUT2D eigenvalue weighted by Gasteiger charge is 2.01. The van der Waals surface area contributed by atoms with Crippen LogP contribution >= 0.6 is 0 Å². The highest BCUT2D eigenvalue weighted by Crippen LogP contribution is 2.11. The number of benzene rings is 1. The van der Waals surface area contributed by atoms with Gasteiger partial charge in [-0.2, -0.15) is 0 Å². The molecule has 1 rings (SSSR count). The smallest absolute Gasteiger partial charge is 0.119 e. The Bertz CT molecular complexity index is 364. The molecule has 0 aliphatic heterocycles. The van der Waals surface area contributed by atoms with Crippen LogP contribution in [0.15, 0.2) is 24.3 Å². The average molecular weight is 253 g/mol. The molecule has 5 nitrogen and oxygen atoms in total. The topological polar surface area (TPSA) is 74.0 Å². The minimum Gasteiger partial charge on any atom is -0.545 e. The predicted molar refractivity (Wildman–Crippen MR) is 64.6 cm³/mol. The van der Waals surface area contributed by atoms with Crippen molar-refractivity contribution >= 4 is 5.97 Å². The molecule has 0 aromatic heterocycles. The first-order valence-corrected chi connectivity index (χ1v) is 6.00. The molecule has 0 heterocycles. The summed E-state index contributed by atoms with van der Waals surface area (Å²) in [5.74, 6) is -0.532. The summed E-state index contributed by atoms with van der Waals surface area (Å²) in [5.41, 5.74) is 0.148. The second kappa shape index (κ2) is 7.68. The van der Waals surface area contributed by atoms with Gasteiger partial charge in [-0.05, 0) is 29.8 Å². The molecule has 0 aliphatic rings. The molecule has 0 aliphatic carbocycles. The van der Waals surface area contributed by atoms with Crippen molar-refractivity contribution < 1.29 is 24.6 Å². The van der Waals surface area contributed by atoms with Crippen LogP contribution in [-0.4, -0.2) is 44.4 Å². The number of carboxylic acids is 1. The lowest BCUT2D eigenvalue weighted by molar-refractivity contribution is -0.880. The molecule has 0 radical (unpaired) electrons. The predicted octanol–water partition coefficient (Wildman–Crippen LogP) is -1.67. The monoisotopic (exact) mass is 253 g/mol. The van der Waals surface area contributed by atoms with E-state index in [4.69, 9.17) is 9.84 Å². The Morgan fingerprint density at radius 1 is 1.33 bits per heavy atom. The van der Waals surface area contributed by atoms with E-state index in [2.05, 4.69) is 0 Å². The zero-order valence-corrected chi connectivity index (χ0v) is 10.5. The van der Waals surface area contributed by atoms with Crippen LogP contribution in [0.1, 0.15) is 16.8 Å². The van der Waals surface area contributed by atoms with Gasteiger partial charge in [0.15, 0.2) is 0 Å². The number of hydrogen-bond acceptors (Lipinski definition) is 4. The first kappa shape index (κ1) is 14.5. The van der Waals surface area contributed by atoms with Crippen LogP contribution in [0.5, 0.6) is 5.75 Å². The summed E-state index contributed by atoms with van der Waals surface area (Å²) in [5, 5.41) is 19.3. The number of carbonyl (C=O) groups is 1. The van der Waals surface area contributed by atoms with E-state index in [1.165, 1.54) is 17.0 Å². The number of carbonyl (C=O) groups excluding carboxylic acids is 1. The van der Waals surface area contributed by atoms with Gasteiger partial charge in [-0.25, -0.2) is 0 Å². The third-order valence-electron chi connectivity index (χ3n) is 2.65. The van der Waals surface area contributed by atoms with E-state index >= 15 is 0 Å². The Kier molecular flexibility index (Phi) is 6.18. The number of nitrogens with one attached hydrogen (secondary N) is 1. The van der Waals surface area contributed by atoms with Crippen molar-refractivity contribution in [3.05, 3.63) is 29.8 Å². The van der Waals surface area contributed by atoms with Crippen LogP contribution in [0, 0.1) is 0 Å². The lowest BCUT2D eigenvalue weighted by Crippen LogP contribution is -3.09. The van der Waals surface area contributed by atoms with Crippen LogP contribution < -0.4 is 14.7 Å². The zero-order chi connectivity index (χ0) is 13.4. The molecule has 1 aromatic rings. The summed E-state index contributed by atoms with van der Waals surface area (Å²) < 4.78 is 5.48. The summed E-state index contributed by atoms with van der Waals surface area (Å²) >= 11 is 0. The second-order valence-electron chi connectivity index (χ2n) is 4.19. The van der Waals surface area contributed by atoms with Crippen LogP contribution in [0.2, 0.25) is 0 Å². The molecule has 1 atom stereocenters. The van der Waals surface area contributed by atoms with Crippen molar-refractivity contribution in [3.63, 3.8) is 0 Å². The third kappa shape index (κ3) is 5.16. The van der Waals surface area contributed by atoms with Gasteiger partial charge in [-0.1, -0.05) is 0 Å². The molecule has 100 valence electrons. The van der Waals surface area contributed by atoms with Gasteiger partial charge < -0.3 is 24.6 Å². The van der Waals surface area contributed by atoms with E-state index in [0.29, 0.717) is 12.4 Å². The molecule has 0 amide bonds. The van der Waals surface area contributed by atoms with Crippen molar-refractivity contribution in [1.82, 2.24) is 0 Å². The highest BCUT2D eigenvalue weighted by atomic mass is 16.5. The molecule has 0 spiro atoms. The largest absolute Gasteiger partial charge is 0.545 e. The van der Waals surface area contributed by atoms with E-state index in [-0.39, 0.29) is 12.2 Å². The molecular weight excluding hydrogens is 234 g/mol. The van der Waals surface area contributed by atoms with Crippen molar-refractivity contribution in [2.45, 2.75) is 6.42 Å². The number of carboxylic acid groups (broad SMARTS) is 1. The Labute approximate surface area is 107 Å². The van der Waals surface area contributed by atoms with Gasteiger partial charge >= 0.3 is 0 Å². The fourth-order valence-corrected chi connectivity index (χ4v) is 1.57. The fraction of sp³-hybridized carbons (Fsp3) is 0.462. The molecule has 18 heavy (non-hydrogen) atoms. The maximum Gasteiger partial charge on any atom is 0.119 e. The molecule has 0 bridgehead atoms. The lowest BCUT2D eigenvalue weighted by atomic mass is 10.2. The van der Waals surface area contributed by atoms with E-state index in [1.54, 1.807) is 12.1 Å². The van der Waals surface area contributed by atoms with Gasteiger partial charge in [0.2, 0.25) is 0 Å².